The Morgan fingerprint density at radius 1 is 1.31 bits per heavy atom. The maximum atomic E-state index is 11.5. The lowest BCUT2D eigenvalue weighted by Gasteiger charge is -2.05. The Morgan fingerprint density at radius 3 is 2.81 bits per heavy atom. The molecule has 0 radical (unpaired) electrons. The summed E-state index contributed by atoms with van der Waals surface area (Å²) in [6.45, 7) is 0. The number of ether oxygens (including phenoxy) is 2. The van der Waals surface area contributed by atoms with E-state index in [0.29, 0.717) is 11.4 Å². The summed E-state index contributed by atoms with van der Waals surface area (Å²) in [6, 6.07) is 7.18. The first-order chi connectivity index (χ1) is 7.76. The summed E-state index contributed by atoms with van der Waals surface area (Å²) in [4.78, 5) is 15.6. The first-order valence-corrected chi connectivity index (χ1v) is 4.77. The van der Waals surface area contributed by atoms with Crippen LogP contribution in [0.1, 0.15) is 10.4 Å². The number of pyridine rings is 1. The molecule has 4 heteroatoms. The van der Waals surface area contributed by atoms with Gasteiger partial charge in [0.1, 0.15) is 0 Å². The molecule has 82 valence electrons. The predicted octanol–water partition coefficient (Wildman–Crippen LogP) is 2.03. The second-order valence-corrected chi connectivity index (χ2v) is 3.24. The molecule has 2 aromatic rings. The monoisotopic (exact) mass is 217 g/mol. The molecule has 1 aromatic heterocycles. The van der Waals surface area contributed by atoms with E-state index in [1.165, 1.54) is 7.11 Å². The van der Waals surface area contributed by atoms with E-state index in [-0.39, 0.29) is 5.97 Å². The van der Waals surface area contributed by atoms with Crippen LogP contribution in [-0.2, 0) is 4.74 Å². The van der Waals surface area contributed by atoms with Gasteiger partial charge in [-0.25, -0.2) is 9.78 Å². The van der Waals surface area contributed by atoms with Crippen LogP contribution in [0, 0.1) is 0 Å². The summed E-state index contributed by atoms with van der Waals surface area (Å²) in [6.07, 6.45) is 1.61. The van der Waals surface area contributed by atoms with Crippen molar-refractivity contribution in [2.45, 2.75) is 0 Å². The molecule has 0 atom stereocenters. The Morgan fingerprint density at radius 2 is 2.12 bits per heavy atom. The fourth-order valence-corrected chi connectivity index (χ4v) is 1.55. The molecule has 0 amide bonds. The number of aromatic nitrogens is 1. The molecule has 2 rings (SSSR count). The highest BCUT2D eigenvalue weighted by atomic mass is 16.5. The number of methoxy groups -OCH3 is 2. The Labute approximate surface area is 92.8 Å². The fourth-order valence-electron chi connectivity index (χ4n) is 1.55. The number of fused-ring (bicyclic) bond motifs is 1. The zero-order chi connectivity index (χ0) is 11.5. The second kappa shape index (κ2) is 4.18. The van der Waals surface area contributed by atoms with Gasteiger partial charge in [0.05, 0.1) is 19.8 Å². The zero-order valence-corrected chi connectivity index (χ0v) is 9.06. The van der Waals surface area contributed by atoms with E-state index in [4.69, 9.17) is 9.47 Å². The van der Waals surface area contributed by atoms with Crippen molar-refractivity contribution in [1.82, 2.24) is 4.98 Å². The quantitative estimate of drug-likeness (QED) is 0.722. The Kier molecular flexibility index (Phi) is 2.72. The predicted molar refractivity (Wildman–Crippen MR) is 59.6 cm³/mol. The van der Waals surface area contributed by atoms with Gasteiger partial charge in [0.25, 0.3) is 0 Å². The van der Waals surface area contributed by atoms with Crippen molar-refractivity contribution in [2.24, 2.45) is 0 Å². The minimum Gasteiger partial charge on any atom is -0.481 e. The maximum Gasteiger partial charge on any atom is 0.338 e. The summed E-state index contributed by atoms with van der Waals surface area (Å²) in [5, 5.41) is 1.66. The largest absolute Gasteiger partial charge is 0.481 e. The normalized spacial score (nSPS) is 10.1. The van der Waals surface area contributed by atoms with Gasteiger partial charge in [-0.15, -0.1) is 0 Å². The van der Waals surface area contributed by atoms with E-state index < -0.39 is 0 Å². The molecule has 0 aliphatic carbocycles. The lowest BCUT2D eigenvalue weighted by molar-refractivity contribution is 0.0603. The first kappa shape index (κ1) is 10.4. The van der Waals surface area contributed by atoms with Crippen molar-refractivity contribution in [3.05, 3.63) is 36.0 Å². The van der Waals surface area contributed by atoms with Gasteiger partial charge in [0, 0.05) is 17.6 Å². The molecule has 0 fully saturated rings. The van der Waals surface area contributed by atoms with Crippen molar-refractivity contribution in [2.75, 3.05) is 14.2 Å². The molecule has 0 unspecified atom stereocenters. The Hall–Kier alpha value is -2.10. The molecule has 0 N–H and O–H groups in total. The molecule has 0 saturated heterocycles. The third-order valence-electron chi connectivity index (χ3n) is 2.35. The number of esters is 1. The van der Waals surface area contributed by atoms with E-state index in [9.17, 15) is 4.79 Å². The van der Waals surface area contributed by atoms with Crippen molar-refractivity contribution in [3.8, 4) is 5.88 Å². The van der Waals surface area contributed by atoms with Crippen molar-refractivity contribution < 1.29 is 14.3 Å². The summed E-state index contributed by atoms with van der Waals surface area (Å²) in [5.74, 6) is 0.159. The van der Waals surface area contributed by atoms with Crippen molar-refractivity contribution in [3.63, 3.8) is 0 Å². The van der Waals surface area contributed by atoms with Crippen LogP contribution in [0.4, 0.5) is 0 Å². The van der Waals surface area contributed by atoms with Crippen LogP contribution >= 0.6 is 0 Å². The van der Waals surface area contributed by atoms with Crippen LogP contribution in [0.5, 0.6) is 5.88 Å². The lowest BCUT2D eigenvalue weighted by Crippen LogP contribution is -2.02. The number of carbonyl (C=O) groups excluding carboxylic acids is 1. The molecule has 0 bridgehead atoms. The van der Waals surface area contributed by atoms with Crippen molar-refractivity contribution in [1.29, 1.82) is 0 Å². The fraction of sp³-hybridized carbons (Fsp3) is 0.167. The van der Waals surface area contributed by atoms with Crippen LogP contribution in [-0.4, -0.2) is 25.2 Å². The van der Waals surface area contributed by atoms with Gasteiger partial charge in [0.15, 0.2) is 0 Å². The summed E-state index contributed by atoms with van der Waals surface area (Å²) in [7, 11) is 2.91. The number of rotatable bonds is 2. The van der Waals surface area contributed by atoms with E-state index in [1.54, 1.807) is 31.5 Å². The molecule has 0 spiro atoms. The average molecular weight is 217 g/mol. The van der Waals surface area contributed by atoms with Crippen molar-refractivity contribution >= 4 is 16.7 Å². The molecule has 0 saturated carbocycles. The molecule has 4 nitrogen and oxygen atoms in total. The van der Waals surface area contributed by atoms with E-state index in [2.05, 4.69) is 4.98 Å². The van der Waals surface area contributed by atoms with Crippen LogP contribution in [0.25, 0.3) is 10.8 Å². The highest BCUT2D eigenvalue weighted by molar-refractivity contribution is 6.04. The molecule has 0 aliphatic rings. The average Bonchev–Trinajstić information content (AvgIpc) is 2.36. The number of carbonyl (C=O) groups is 1. The number of nitrogens with zero attached hydrogens (tertiary/aromatic N) is 1. The van der Waals surface area contributed by atoms with E-state index in [0.717, 1.165) is 10.8 Å². The minimum absolute atomic E-state index is 0.363. The zero-order valence-electron chi connectivity index (χ0n) is 9.06. The summed E-state index contributed by atoms with van der Waals surface area (Å²) < 4.78 is 9.72. The topological polar surface area (TPSA) is 48.4 Å². The van der Waals surface area contributed by atoms with E-state index >= 15 is 0 Å². The van der Waals surface area contributed by atoms with Gasteiger partial charge in [-0.2, -0.15) is 0 Å². The third-order valence-corrected chi connectivity index (χ3v) is 2.35. The summed E-state index contributed by atoms with van der Waals surface area (Å²) in [5.41, 5.74) is 0.509. The number of hydrogen-bond donors (Lipinski definition) is 0. The highest BCUT2D eigenvalue weighted by Gasteiger charge is 2.10. The van der Waals surface area contributed by atoms with Crippen LogP contribution in [0.15, 0.2) is 30.5 Å². The molecular formula is C12H11NO3. The number of benzene rings is 1. The van der Waals surface area contributed by atoms with Gasteiger partial charge in [-0.05, 0) is 11.5 Å². The summed E-state index contributed by atoms with van der Waals surface area (Å²) >= 11 is 0. The minimum atomic E-state index is -0.363. The van der Waals surface area contributed by atoms with Crippen LogP contribution < -0.4 is 4.74 Å². The van der Waals surface area contributed by atoms with Gasteiger partial charge in [0.2, 0.25) is 5.88 Å². The molecule has 16 heavy (non-hydrogen) atoms. The Bertz CT molecular complexity index is 537. The van der Waals surface area contributed by atoms with Crippen LogP contribution in [0.3, 0.4) is 0 Å². The molecule has 1 aromatic carbocycles. The van der Waals surface area contributed by atoms with Crippen LogP contribution in [0.2, 0.25) is 0 Å². The SMILES string of the molecule is COC(=O)c1cccc2cc(OC)ncc12. The molecule has 0 aliphatic heterocycles. The van der Waals surface area contributed by atoms with Gasteiger partial charge in [-0.3, -0.25) is 0 Å². The standard InChI is InChI=1S/C12H11NO3/c1-15-11-6-8-4-3-5-9(12(14)16-2)10(8)7-13-11/h3-7H,1-2H3. The number of hydrogen-bond acceptors (Lipinski definition) is 4. The second-order valence-electron chi connectivity index (χ2n) is 3.24. The van der Waals surface area contributed by atoms with Gasteiger partial charge < -0.3 is 9.47 Å². The highest BCUT2D eigenvalue weighted by Crippen LogP contribution is 2.21. The first-order valence-electron chi connectivity index (χ1n) is 4.77. The Balaban J connectivity index is 2.65. The van der Waals surface area contributed by atoms with E-state index in [1.807, 2.05) is 6.07 Å². The molecule has 1 heterocycles. The smallest absolute Gasteiger partial charge is 0.338 e. The third kappa shape index (κ3) is 1.69. The van der Waals surface area contributed by atoms with Gasteiger partial charge in [-0.1, -0.05) is 12.1 Å². The molecular weight excluding hydrogens is 206 g/mol. The lowest BCUT2D eigenvalue weighted by atomic mass is 10.1. The maximum absolute atomic E-state index is 11.5. The van der Waals surface area contributed by atoms with Gasteiger partial charge >= 0.3 is 5.97 Å².